The predicted molar refractivity (Wildman–Crippen MR) is 470 cm³/mol. The number of rotatable bonds is 76. The van der Waals surface area contributed by atoms with Crippen molar-refractivity contribution in [3.8, 4) is 0 Å². The van der Waals surface area contributed by atoms with Crippen molar-refractivity contribution in [3.05, 3.63) is 194 Å². The smallest absolute Gasteiger partial charge is 0.472 e. The molecule has 0 amide bonds. The van der Waals surface area contributed by atoms with Crippen molar-refractivity contribution in [1.82, 2.24) is 0 Å². The van der Waals surface area contributed by atoms with Gasteiger partial charge >= 0.3 is 51.5 Å². The van der Waals surface area contributed by atoms with Crippen molar-refractivity contribution in [3.63, 3.8) is 0 Å². The SMILES string of the molecule is CCCCCCCCCCCC=CC=CC=CC=CC(=O)OC[C@H](COP(=O)(O)OC[C@H](N)C(=O)O)OC(=O)C=CC=CC=CC=CCCCCCCCCCCC.CCCCCCCCCCCC=CC=CC=CC=CC(=O)OC[C@H](COP(=O)(O)OC[C@H](N)C(=O)O)OC(=O)C=CC=CC=CC=CCCCCCCCCCCC. The zero-order chi connectivity index (χ0) is 85.6. The minimum Gasteiger partial charge on any atom is -0.480 e. The number of esters is 4. The molecule has 0 aliphatic rings. The van der Waals surface area contributed by atoms with Crippen LogP contribution in [0.4, 0.5) is 0 Å². The molecule has 8 N–H and O–H groups in total. The van der Waals surface area contributed by atoms with E-state index in [-0.39, 0.29) is 0 Å². The molecule has 0 aliphatic heterocycles. The third-order valence-electron chi connectivity index (χ3n) is 17.3. The molecule has 0 heterocycles. The van der Waals surface area contributed by atoms with Gasteiger partial charge in [-0.1, -0.05) is 403 Å². The monoisotopic (exact) mass is 1660 g/mol. The molecule has 2 unspecified atom stereocenters. The van der Waals surface area contributed by atoms with E-state index in [4.69, 9.17) is 49.7 Å². The molecular weight excluding hydrogens is 1510 g/mol. The summed E-state index contributed by atoms with van der Waals surface area (Å²) >= 11 is 0. The van der Waals surface area contributed by atoms with Crippen LogP contribution in [-0.4, -0.2) is 120 Å². The van der Waals surface area contributed by atoms with Gasteiger partial charge in [0.1, 0.15) is 25.3 Å². The maximum Gasteiger partial charge on any atom is 0.472 e. The van der Waals surface area contributed by atoms with Gasteiger partial charge in [-0.15, -0.1) is 0 Å². The maximum absolute atomic E-state index is 12.5. The second-order valence-corrected chi connectivity index (χ2v) is 31.0. The highest BCUT2D eigenvalue weighted by atomic mass is 31.2. The highest BCUT2D eigenvalue weighted by Crippen LogP contribution is 2.44. The van der Waals surface area contributed by atoms with Crippen LogP contribution in [0.15, 0.2) is 194 Å². The molecule has 116 heavy (non-hydrogen) atoms. The first-order valence-corrected chi connectivity index (χ1v) is 45.8. The summed E-state index contributed by atoms with van der Waals surface area (Å²) in [6.07, 6.45) is 104. The number of nitrogens with two attached hydrogens (primary N) is 2. The molecule has 24 heteroatoms. The number of ether oxygens (including phenoxy) is 4. The number of allylic oxidation sites excluding steroid dienone is 28. The van der Waals surface area contributed by atoms with Crippen LogP contribution in [0.3, 0.4) is 0 Å². The first-order valence-electron chi connectivity index (χ1n) is 42.8. The van der Waals surface area contributed by atoms with E-state index in [1.807, 2.05) is 72.9 Å². The molecule has 0 fully saturated rings. The molecule has 0 radical (unpaired) electrons. The molecule has 0 aromatic rings. The average Bonchev–Trinajstić information content (AvgIpc) is 0.904. The summed E-state index contributed by atoms with van der Waals surface area (Å²) < 4.78 is 64.3. The summed E-state index contributed by atoms with van der Waals surface area (Å²) in [5.41, 5.74) is 10.6. The number of unbranched alkanes of at least 4 members (excludes halogenated alkanes) is 36. The number of carbonyl (C=O) groups excluding carboxylic acids is 4. The summed E-state index contributed by atoms with van der Waals surface area (Å²) in [6, 6.07) is -3.12. The Bertz CT molecular complexity index is 2900. The van der Waals surface area contributed by atoms with Gasteiger partial charge in [0.15, 0.2) is 12.2 Å². The Morgan fingerprint density at radius 2 is 0.457 bits per heavy atom. The highest BCUT2D eigenvalue weighted by molar-refractivity contribution is 7.47. The molecule has 656 valence electrons. The number of carbonyl (C=O) groups is 6. The second kappa shape index (κ2) is 84.3. The van der Waals surface area contributed by atoms with Crippen molar-refractivity contribution >= 4 is 51.5 Å². The van der Waals surface area contributed by atoms with Gasteiger partial charge in [-0.05, 0) is 51.4 Å². The number of hydrogen-bond donors (Lipinski definition) is 6. The lowest BCUT2D eigenvalue weighted by atomic mass is 10.1. The molecule has 0 spiro atoms. The summed E-state index contributed by atoms with van der Waals surface area (Å²) in [6.45, 7) is 4.93. The zero-order valence-corrected chi connectivity index (χ0v) is 72.5. The molecule has 0 aromatic carbocycles. The van der Waals surface area contributed by atoms with E-state index >= 15 is 0 Å². The van der Waals surface area contributed by atoms with E-state index in [2.05, 4.69) is 61.0 Å². The fraction of sp³-hybridized carbons (Fsp3) is 0.587. The van der Waals surface area contributed by atoms with Crippen LogP contribution in [-0.2, 0) is 74.9 Å². The van der Waals surface area contributed by atoms with E-state index in [1.54, 1.807) is 48.6 Å². The van der Waals surface area contributed by atoms with E-state index < -0.39 is 115 Å². The van der Waals surface area contributed by atoms with Crippen molar-refractivity contribution < 1.29 is 94.9 Å². The van der Waals surface area contributed by atoms with E-state index in [1.165, 1.54) is 268 Å². The lowest BCUT2D eigenvalue weighted by Crippen LogP contribution is -2.34. The van der Waals surface area contributed by atoms with Gasteiger partial charge in [-0.3, -0.25) is 27.7 Å². The standard InChI is InChI=1S/2C46H74NO10P/c2*1-3-5-7-9-11-13-15-17-19-21-23-25-27-29-31-33-35-37-44(48)54-39-42(40-55-58(52,53)56-41-43(47)46(50)51)57-45(49)38-36-34-32-30-28-26-24-22-20-18-16-14-12-10-8-6-4-2/h2*23-38,42-43H,3-22,39-41,47H2,1-2H3,(H,50,51)(H,52,53)/t2*42-,43+/m11/s1. The van der Waals surface area contributed by atoms with Gasteiger partial charge in [0.25, 0.3) is 0 Å². The molecule has 0 saturated carbocycles. The molecule has 0 aromatic heterocycles. The highest BCUT2D eigenvalue weighted by Gasteiger charge is 2.29. The molecule has 0 rings (SSSR count). The minimum atomic E-state index is -4.79. The summed E-state index contributed by atoms with van der Waals surface area (Å²) in [5.74, 6) is -6.03. The van der Waals surface area contributed by atoms with Gasteiger partial charge in [-0.2, -0.15) is 0 Å². The molecule has 0 aliphatic carbocycles. The fourth-order valence-electron chi connectivity index (χ4n) is 10.6. The molecule has 6 atom stereocenters. The second-order valence-electron chi connectivity index (χ2n) is 28.1. The van der Waals surface area contributed by atoms with Crippen LogP contribution < -0.4 is 11.5 Å². The summed E-state index contributed by atoms with van der Waals surface area (Å²) in [7, 11) is -9.57. The largest absolute Gasteiger partial charge is 0.480 e. The normalized spacial score (nSPS) is 14.7. The summed E-state index contributed by atoms with van der Waals surface area (Å²) in [5, 5.41) is 17.7. The Kier molecular flexibility index (Phi) is 80.5. The first-order chi connectivity index (χ1) is 56.2. The van der Waals surface area contributed by atoms with Crippen LogP contribution in [0, 0.1) is 0 Å². The Balaban J connectivity index is 0. The fourth-order valence-corrected chi connectivity index (χ4v) is 12.1. The Morgan fingerprint density at radius 3 is 0.681 bits per heavy atom. The quantitative estimate of drug-likeness (QED) is 0.00822. The summed E-state index contributed by atoms with van der Waals surface area (Å²) in [4.78, 5) is 91.2. The maximum atomic E-state index is 12.5. The van der Waals surface area contributed by atoms with Crippen molar-refractivity contribution in [2.24, 2.45) is 11.5 Å². The minimum absolute atomic E-state index is 0.505. The molecule has 22 nitrogen and oxygen atoms in total. The number of carboxylic acids is 2. The van der Waals surface area contributed by atoms with E-state index in [0.29, 0.717) is 0 Å². The van der Waals surface area contributed by atoms with Gasteiger partial charge in [0.05, 0.1) is 26.4 Å². The molecule has 0 bridgehead atoms. The Labute approximate surface area is 697 Å². The third kappa shape index (κ3) is 84.7. The van der Waals surface area contributed by atoms with Gasteiger partial charge in [0.2, 0.25) is 0 Å². The number of carboxylic acid groups (broad SMARTS) is 2. The van der Waals surface area contributed by atoms with Crippen molar-refractivity contribution in [2.75, 3.05) is 39.6 Å². The number of phosphoric ester groups is 2. The van der Waals surface area contributed by atoms with Gasteiger partial charge in [-0.25, -0.2) is 28.3 Å². The van der Waals surface area contributed by atoms with Crippen LogP contribution in [0.2, 0.25) is 0 Å². The van der Waals surface area contributed by atoms with Gasteiger partial charge in [0, 0.05) is 24.3 Å². The van der Waals surface area contributed by atoms with E-state index in [9.17, 15) is 47.7 Å². The van der Waals surface area contributed by atoms with Crippen LogP contribution in [0.25, 0.3) is 0 Å². The first kappa shape index (κ1) is 111. The predicted octanol–water partition coefficient (Wildman–Crippen LogP) is 22.6. The lowest BCUT2D eigenvalue weighted by molar-refractivity contribution is -0.154. The molecular formula is C92H148N2O20P2. The Hall–Kier alpha value is -7.20. The van der Waals surface area contributed by atoms with Crippen LogP contribution >= 0.6 is 15.6 Å². The topological polar surface area (TPSA) is 343 Å². The van der Waals surface area contributed by atoms with Crippen LogP contribution in [0.5, 0.6) is 0 Å². The van der Waals surface area contributed by atoms with Crippen molar-refractivity contribution in [2.45, 2.75) is 309 Å². The average molecular weight is 1660 g/mol. The zero-order valence-electron chi connectivity index (χ0n) is 70.7. The van der Waals surface area contributed by atoms with Crippen LogP contribution in [0.1, 0.15) is 285 Å². The Morgan fingerprint density at radius 1 is 0.267 bits per heavy atom. The number of hydrogen-bond acceptors (Lipinski definition) is 18. The molecule has 0 saturated heterocycles. The van der Waals surface area contributed by atoms with E-state index in [0.717, 1.165) is 37.8 Å². The third-order valence-corrected chi connectivity index (χ3v) is 19.2. The van der Waals surface area contributed by atoms with Gasteiger partial charge < -0.3 is 50.4 Å². The van der Waals surface area contributed by atoms with Crippen molar-refractivity contribution in [1.29, 1.82) is 0 Å². The lowest BCUT2D eigenvalue weighted by Gasteiger charge is -2.19. The number of aliphatic carboxylic acids is 2. The number of phosphoric acid groups is 2.